The summed E-state index contributed by atoms with van der Waals surface area (Å²) >= 11 is 5.81. The van der Waals surface area contributed by atoms with Crippen molar-refractivity contribution in [2.45, 2.75) is 37.8 Å². The molecule has 0 amide bonds. The van der Waals surface area contributed by atoms with Crippen LogP contribution >= 0.6 is 11.6 Å². The molecule has 1 N–H and O–H groups in total. The summed E-state index contributed by atoms with van der Waals surface area (Å²) in [7, 11) is 0. The molecule has 2 aromatic heterocycles. The minimum atomic E-state index is -0.161. The van der Waals surface area contributed by atoms with Gasteiger partial charge >= 0.3 is 0 Å². The van der Waals surface area contributed by atoms with Gasteiger partial charge in [-0.2, -0.15) is 10.1 Å². The maximum atomic E-state index is 9.51. The molecule has 0 spiro atoms. The van der Waals surface area contributed by atoms with Crippen LogP contribution in [0.4, 0.5) is 0 Å². The molecular weight excluding hydrogens is 240 g/mol. The van der Waals surface area contributed by atoms with Crippen molar-refractivity contribution in [3.63, 3.8) is 0 Å². The van der Waals surface area contributed by atoms with Gasteiger partial charge in [0.15, 0.2) is 5.65 Å². The first-order valence-electron chi connectivity index (χ1n) is 5.78. The van der Waals surface area contributed by atoms with Crippen molar-refractivity contribution in [1.82, 2.24) is 19.7 Å². The molecule has 1 saturated carbocycles. The van der Waals surface area contributed by atoms with Gasteiger partial charge in [0.05, 0.1) is 23.7 Å². The van der Waals surface area contributed by atoms with E-state index in [1.165, 1.54) is 0 Å². The molecular formula is C11H13ClN4O. The Morgan fingerprint density at radius 2 is 2.00 bits per heavy atom. The van der Waals surface area contributed by atoms with Crippen LogP contribution in [-0.2, 0) is 0 Å². The van der Waals surface area contributed by atoms with Gasteiger partial charge in [-0.3, -0.25) is 0 Å². The zero-order chi connectivity index (χ0) is 11.8. The van der Waals surface area contributed by atoms with Crippen molar-refractivity contribution >= 4 is 22.6 Å². The lowest BCUT2D eigenvalue weighted by Crippen LogP contribution is -2.21. The van der Waals surface area contributed by atoms with Crippen molar-refractivity contribution in [2.75, 3.05) is 0 Å². The summed E-state index contributed by atoms with van der Waals surface area (Å²) in [5.74, 6) is 0. The Hall–Kier alpha value is -1.20. The molecule has 2 aromatic rings. The Balaban J connectivity index is 1.97. The molecule has 2 heterocycles. The summed E-state index contributed by atoms with van der Waals surface area (Å²) in [5.41, 5.74) is 0.784. The number of fused-ring (bicyclic) bond motifs is 1. The van der Waals surface area contributed by atoms with Gasteiger partial charge in [0.25, 0.3) is 0 Å². The standard InChI is InChI=1S/C11H13ClN4O/c12-11-13-5-7-6-14-16(10(7)15-11)8-1-3-9(17)4-2-8/h5-6,8-9,17H,1-4H2/t8-,9+. The summed E-state index contributed by atoms with van der Waals surface area (Å²) in [6.07, 6.45) is 6.79. The summed E-state index contributed by atoms with van der Waals surface area (Å²) in [6.45, 7) is 0. The molecule has 5 nitrogen and oxygen atoms in total. The van der Waals surface area contributed by atoms with Gasteiger partial charge in [0.2, 0.25) is 5.28 Å². The van der Waals surface area contributed by atoms with E-state index in [2.05, 4.69) is 15.1 Å². The van der Waals surface area contributed by atoms with Crippen LogP contribution in [0.5, 0.6) is 0 Å². The second kappa shape index (κ2) is 4.23. The molecule has 3 rings (SSSR count). The number of aromatic nitrogens is 4. The van der Waals surface area contributed by atoms with Crippen LogP contribution in [0.1, 0.15) is 31.7 Å². The number of aliphatic hydroxyl groups is 1. The molecule has 1 aliphatic rings. The van der Waals surface area contributed by atoms with Crippen molar-refractivity contribution < 1.29 is 5.11 Å². The first kappa shape index (κ1) is 10.9. The minimum Gasteiger partial charge on any atom is -0.393 e. The zero-order valence-corrected chi connectivity index (χ0v) is 10.0. The number of nitrogens with zero attached hydrogens (tertiary/aromatic N) is 4. The fourth-order valence-corrected chi connectivity index (χ4v) is 2.51. The Bertz CT molecular complexity index is 533. The monoisotopic (exact) mass is 252 g/mol. The van der Waals surface area contributed by atoms with Crippen LogP contribution in [0.25, 0.3) is 11.0 Å². The fourth-order valence-electron chi connectivity index (χ4n) is 2.39. The largest absolute Gasteiger partial charge is 0.393 e. The number of hydrogen-bond donors (Lipinski definition) is 1. The lowest BCUT2D eigenvalue weighted by molar-refractivity contribution is 0.109. The highest BCUT2D eigenvalue weighted by molar-refractivity contribution is 6.28. The summed E-state index contributed by atoms with van der Waals surface area (Å²) in [5, 5.41) is 15.0. The number of halogens is 1. The molecule has 1 aliphatic carbocycles. The maximum Gasteiger partial charge on any atom is 0.224 e. The van der Waals surface area contributed by atoms with Crippen LogP contribution in [0.15, 0.2) is 12.4 Å². The third-order valence-electron chi connectivity index (χ3n) is 3.32. The van der Waals surface area contributed by atoms with Crippen LogP contribution in [-0.4, -0.2) is 31.0 Å². The van der Waals surface area contributed by atoms with Crippen molar-refractivity contribution in [3.8, 4) is 0 Å². The van der Waals surface area contributed by atoms with E-state index in [-0.39, 0.29) is 11.4 Å². The number of aliphatic hydroxyl groups excluding tert-OH is 1. The number of rotatable bonds is 1. The Kier molecular flexibility index (Phi) is 2.72. The van der Waals surface area contributed by atoms with E-state index in [1.807, 2.05) is 4.68 Å². The number of hydrogen-bond acceptors (Lipinski definition) is 4. The van der Waals surface area contributed by atoms with Crippen LogP contribution in [0.2, 0.25) is 5.28 Å². The normalized spacial score (nSPS) is 25.3. The Labute approximate surface area is 103 Å². The average Bonchev–Trinajstić information content (AvgIpc) is 2.73. The SMILES string of the molecule is O[C@H]1CC[C@@H](n2ncc3cnc(Cl)nc32)CC1. The molecule has 6 heteroatoms. The smallest absolute Gasteiger partial charge is 0.224 e. The van der Waals surface area contributed by atoms with Crippen molar-refractivity contribution in [1.29, 1.82) is 0 Å². The lowest BCUT2D eigenvalue weighted by Gasteiger charge is -2.25. The van der Waals surface area contributed by atoms with Gasteiger partial charge in [-0.05, 0) is 37.3 Å². The maximum absolute atomic E-state index is 9.51. The van der Waals surface area contributed by atoms with Crippen LogP contribution in [0, 0.1) is 0 Å². The molecule has 0 unspecified atom stereocenters. The highest BCUT2D eigenvalue weighted by atomic mass is 35.5. The molecule has 0 atom stereocenters. The highest BCUT2D eigenvalue weighted by Crippen LogP contribution is 2.30. The molecule has 1 fully saturated rings. The molecule has 0 saturated heterocycles. The van der Waals surface area contributed by atoms with Gasteiger partial charge in [-0.25, -0.2) is 9.67 Å². The Morgan fingerprint density at radius 1 is 1.24 bits per heavy atom. The van der Waals surface area contributed by atoms with E-state index >= 15 is 0 Å². The van der Waals surface area contributed by atoms with Crippen molar-refractivity contribution in [3.05, 3.63) is 17.7 Å². The van der Waals surface area contributed by atoms with E-state index in [4.69, 9.17) is 11.6 Å². The topological polar surface area (TPSA) is 63.8 Å². The summed E-state index contributed by atoms with van der Waals surface area (Å²) < 4.78 is 1.91. The lowest BCUT2D eigenvalue weighted by atomic mass is 9.93. The van der Waals surface area contributed by atoms with Gasteiger partial charge in [0.1, 0.15) is 0 Å². The second-order valence-corrected chi connectivity index (χ2v) is 4.81. The predicted octanol–water partition coefficient (Wildman–Crippen LogP) is 1.96. The minimum absolute atomic E-state index is 0.161. The van der Waals surface area contributed by atoms with Crippen LogP contribution < -0.4 is 0 Å². The molecule has 0 radical (unpaired) electrons. The van der Waals surface area contributed by atoms with Gasteiger partial charge < -0.3 is 5.11 Å². The summed E-state index contributed by atoms with van der Waals surface area (Å²) in [4.78, 5) is 8.16. The van der Waals surface area contributed by atoms with E-state index in [1.54, 1.807) is 12.4 Å². The third-order valence-corrected chi connectivity index (χ3v) is 3.50. The second-order valence-electron chi connectivity index (χ2n) is 4.47. The average molecular weight is 253 g/mol. The fraction of sp³-hybridized carbons (Fsp3) is 0.545. The molecule has 0 bridgehead atoms. The first-order valence-corrected chi connectivity index (χ1v) is 6.15. The van der Waals surface area contributed by atoms with Gasteiger partial charge in [-0.1, -0.05) is 0 Å². The van der Waals surface area contributed by atoms with E-state index in [9.17, 15) is 5.11 Å². The van der Waals surface area contributed by atoms with E-state index < -0.39 is 0 Å². The van der Waals surface area contributed by atoms with E-state index in [0.717, 1.165) is 36.7 Å². The zero-order valence-electron chi connectivity index (χ0n) is 9.25. The van der Waals surface area contributed by atoms with Gasteiger partial charge in [0, 0.05) is 6.20 Å². The van der Waals surface area contributed by atoms with Crippen LogP contribution in [0.3, 0.4) is 0 Å². The van der Waals surface area contributed by atoms with Crippen molar-refractivity contribution in [2.24, 2.45) is 0 Å². The van der Waals surface area contributed by atoms with Gasteiger partial charge in [-0.15, -0.1) is 0 Å². The molecule has 90 valence electrons. The summed E-state index contributed by atoms with van der Waals surface area (Å²) in [6, 6.07) is 0.307. The predicted molar refractivity (Wildman–Crippen MR) is 63.8 cm³/mol. The highest BCUT2D eigenvalue weighted by Gasteiger charge is 2.23. The van der Waals surface area contributed by atoms with E-state index in [0.29, 0.717) is 6.04 Å². The molecule has 17 heavy (non-hydrogen) atoms. The molecule has 0 aliphatic heterocycles. The first-order chi connectivity index (χ1) is 8.24. The third kappa shape index (κ3) is 2.00. The molecule has 0 aromatic carbocycles. The quantitative estimate of drug-likeness (QED) is 0.788. The Morgan fingerprint density at radius 3 is 2.76 bits per heavy atom.